The minimum atomic E-state index is 0.464. The highest BCUT2D eigenvalue weighted by atomic mass is 35.5. The number of hydrogen-bond donors (Lipinski definition) is 0. The first kappa shape index (κ1) is 10.8. The summed E-state index contributed by atoms with van der Waals surface area (Å²) in [6, 6.07) is 0. The molecule has 1 aliphatic heterocycles. The van der Waals surface area contributed by atoms with E-state index in [0.717, 1.165) is 18.2 Å². The molecule has 1 fully saturated rings. The Hall–Kier alpha value is -0.670. The molecule has 1 atom stereocenters. The predicted molar refractivity (Wildman–Crippen MR) is 60.7 cm³/mol. The maximum atomic E-state index is 5.69. The van der Waals surface area contributed by atoms with Gasteiger partial charge in [0, 0.05) is 13.1 Å². The van der Waals surface area contributed by atoms with Crippen molar-refractivity contribution in [2.45, 2.75) is 26.3 Å². The van der Waals surface area contributed by atoms with Gasteiger partial charge < -0.3 is 0 Å². The fourth-order valence-corrected chi connectivity index (χ4v) is 2.18. The molecule has 3 nitrogen and oxygen atoms in total. The maximum Gasteiger partial charge on any atom is 0.147 e. The van der Waals surface area contributed by atoms with Crippen molar-refractivity contribution in [1.82, 2.24) is 14.9 Å². The van der Waals surface area contributed by atoms with Crippen molar-refractivity contribution in [3.63, 3.8) is 0 Å². The Bertz CT molecular complexity index is 312. The average molecular weight is 226 g/mol. The van der Waals surface area contributed by atoms with E-state index in [4.69, 9.17) is 11.6 Å². The molecule has 1 aliphatic rings. The Morgan fingerprint density at radius 1 is 1.47 bits per heavy atom. The summed E-state index contributed by atoms with van der Waals surface area (Å²) >= 11 is 5.69. The molecule has 15 heavy (non-hydrogen) atoms. The highest BCUT2D eigenvalue weighted by Gasteiger charge is 2.16. The first-order chi connectivity index (χ1) is 7.24. The number of likely N-dealkylation sites (tertiary alicyclic amines) is 1. The van der Waals surface area contributed by atoms with E-state index in [0.29, 0.717) is 5.15 Å². The van der Waals surface area contributed by atoms with E-state index in [-0.39, 0.29) is 0 Å². The molecule has 1 aromatic rings. The van der Waals surface area contributed by atoms with Crippen molar-refractivity contribution in [2.24, 2.45) is 5.92 Å². The standard InChI is InChI=1S/C11H16ClN3/c1-9-3-2-4-15(7-9)8-10-5-14-11(12)6-13-10/h5-6,9H,2-4,7-8H2,1H3. The van der Waals surface area contributed by atoms with Crippen LogP contribution in [0.5, 0.6) is 0 Å². The minimum Gasteiger partial charge on any atom is -0.297 e. The van der Waals surface area contributed by atoms with Crippen LogP contribution in [0, 0.1) is 5.92 Å². The molecule has 0 radical (unpaired) electrons. The lowest BCUT2D eigenvalue weighted by Crippen LogP contribution is -2.33. The molecular weight excluding hydrogens is 210 g/mol. The fraction of sp³-hybridized carbons (Fsp3) is 0.636. The number of aromatic nitrogens is 2. The van der Waals surface area contributed by atoms with Crippen molar-refractivity contribution in [3.8, 4) is 0 Å². The molecule has 0 aliphatic carbocycles. The van der Waals surface area contributed by atoms with Gasteiger partial charge in [0.2, 0.25) is 0 Å². The Kier molecular flexibility index (Phi) is 3.54. The van der Waals surface area contributed by atoms with E-state index < -0.39 is 0 Å². The molecule has 4 heteroatoms. The third kappa shape index (κ3) is 3.14. The third-order valence-electron chi connectivity index (χ3n) is 2.80. The summed E-state index contributed by atoms with van der Waals surface area (Å²) in [5.74, 6) is 0.805. The summed E-state index contributed by atoms with van der Waals surface area (Å²) < 4.78 is 0. The largest absolute Gasteiger partial charge is 0.297 e. The van der Waals surface area contributed by atoms with Gasteiger partial charge in [-0.15, -0.1) is 0 Å². The van der Waals surface area contributed by atoms with Crippen LogP contribution in [0.25, 0.3) is 0 Å². The topological polar surface area (TPSA) is 29.0 Å². The van der Waals surface area contributed by atoms with Gasteiger partial charge in [0.15, 0.2) is 0 Å². The zero-order valence-corrected chi connectivity index (χ0v) is 9.74. The molecule has 82 valence electrons. The second-order valence-electron chi connectivity index (χ2n) is 4.31. The summed E-state index contributed by atoms with van der Waals surface area (Å²) in [6.45, 7) is 5.55. The third-order valence-corrected chi connectivity index (χ3v) is 3.00. The second-order valence-corrected chi connectivity index (χ2v) is 4.70. The van der Waals surface area contributed by atoms with Gasteiger partial charge in [-0.05, 0) is 25.3 Å². The normalized spacial score (nSPS) is 22.9. The van der Waals surface area contributed by atoms with Crippen molar-refractivity contribution in [2.75, 3.05) is 13.1 Å². The van der Waals surface area contributed by atoms with Crippen LogP contribution >= 0.6 is 11.6 Å². The molecule has 2 heterocycles. The smallest absolute Gasteiger partial charge is 0.147 e. The van der Waals surface area contributed by atoms with Crippen LogP contribution in [0.4, 0.5) is 0 Å². The SMILES string of the molecule is CC1CCCN(Cc2cnc(Cl)cn2)C1. The van der Waals surface area contributed by atoms with Crippen molar-refractivity contribution in [1.29, 1.82) is 0 Å². The fourth-order valence-electron chi connectivity index (χ4n) is 2.08. The lowest BCUT2D eigenvalue weighted by atomic mass is 10.0. The molecule has 2 rings (SSSR count). The number of rotatable bonds is 2. The number of piperidine rings is 1. The zero-order chi connectivity index (χ0) is 10.7. The van der Waals surface area contributed by atoms with E-state index in [9.17, 15) is 0 Å². The van der Waals surface area contributed by atoms with Crippen LogP contribution in [-0.4, -0.2) is 28.0 Å². The van der Waals surface area contributed by atoms with Gasteiger partial charge in [0.1, 0.15) is 5.15 Å². The van der Waals surface area contributed by atoms with E-state index in [1.54, 1.807) is 12.4 Å². The van der Waals surface area contributed by atoms with E-state index >= 15 is 0 Å². The Labute approximate surface area is 95.5 Å². The van der Waals surface area contributed by atoms with Crippen LogP contribution in [-0.2, 0) is 6.54 Å². The van der Waals surface area contributed by atoms with Crippen LogP contribution < -0.4 is 0 Å². The van der Waals surface area contributed by atoms with Gasteiger partial charge in [-0.1, -0.05) is 18.5 Å². The summed E-state index contributed by atoms with van der Waals surface area (Å²) in [4.78, 5) is 10.7. The lowest BCUT2D eigenvalue weighted by Gasteiger charge is -2.30. The highest BCUT2D eigenvalue weighted by molar-refractivity contribution is 6.29. The average Bonchev–Trinajstić information content (AvgIpc) is 2.22. The summed E-state index contributed by atoms with van der Waals surface area (Å²) in [6.07, 6.45) is 6.02. The minimum absolute atomic E-state index is 0.464. The second kappa shape index (κ2) is 4.90. The van der Waals surface area contributed by atoms with Gasteiger partial charge in [0.05, 0.1) is 18.1 Å². The highest BCUT2D eigenvalue weighted by Crippen LogP contribution is 2.17. The number of halogens is 1. The van der Waals surface area contributed by atoms with Gasteiger partial charge in [-0.25, -0.2) is 4.98 Å². The Morgan fingerprint density at radius 2 is 2.33 bits per heavy atom. The first-order valence-corrected chi connectivity index (χ1v) is 5.80. The van der Waals surface area contributed by atoms with Crippen molar-refractivity contribution in [3.05, 3.63) is 23.2 Å². The molecule has 0 aromatic carbocycles. The van der Waals surface area contributed by atoms with Crippen molar-refractivity contribution < 1.29 is 0 Å². The molecule has 0 N–H and O–H groups in total. The predicted octanol–water partition coefficient (Wildman–Crippen LogP) is 2.36. The Balaban J connectivity index is 1.93. The van der Waals surface area contributed by atoms with Crippen LogP contribution in [0.1, 0.15) is 25.5 Å². The van der Waals surface area contributed by atoms with Gasteiger partial charge in [0.25, 0.3) is 0 Å². The monoisotopic (exact) mass is 225 g/mol. The number of hydrogen-bond acceptors (Lipinski definition) is 3. The lowest BCUT2D eigenvalue weighted by molar-refractivity contribution is 0.174. The molecule has 1 aromatic heterocycles. The molecule has 1 unspecified atom stereocenters. The van der Waals surface area contributed by atoms with E-state index in [1.165, 1.54) is 25.9 Å². The summed E-state index contributed by atoms with van der Waals surface area (Å²) in [5, 5.41) is 0.464. The Morgan fingerprint density at radius 3 is 3.00 bits per heavy atom. The van der Waals surface area contributed by atoms with E-state index in [2.05, 4.69) is 21.8 Å². The van der Waals surface area contributed by atoms with Crippen LogP contribution in [0.3, 0.4) is 0 Å². The molecule has 0 spiro atoms. The van der Waals surface area contributed by atoms with E-state index in [1.807, 2.05) is 0 Å². The molecular formula is C11H16ClN3. The van der Waals surface area contributed by atoms with Crippen LogP contribution in [0.2, 0.25) is 5.15 Å². The van der Waals surface area contributed by atoms with Crippen molar-refractivity contribution >= 4 is 11.6 Å². The van der Waals surface area contributed by atoms with Gasteiger partial charge in [-0.3, -0.25) is 9.88 Å². The summed E-state index contributed by atoms with van der Waals surface area (Å²) in [5.41, 5.74) is 1.01. The quantitative estimate of drug-likeness (QED) is 0.774. The molecule has 0 amide bonds. The molecule has 0 bridgehead atoms. The number of nitrogens with zero attached hydrogens (tertiary/aromatic N) is 3. The van der Waals surface area contributed by atoms with Crippen LogP contribution in [0.15, 0.2) is 12.4 Å². The van der Waals surface area contributed by atoms with Gasteiger partial charge >= 0.3 is 0 Å². The maximum absolute atomic E-state index is 5.69. The first-order valence-electron chi connectivity index (χ1n) is 5.43. The van der Waals surface area contributed by atoms with Gasteiger partial charge in [-0.2, -0.15) is 0 Å². The molecule has 1 saturated heterocycles. The molecule has 0 saturated carbocycles. The summed E-state index contributed by atoms with van der Waals surface area (Å²) in [7, 11) is 0. The zero-order valence-electron chi connectivity index (χ0n) is 8.99.